The number of rotatable bonds is 4. The second-order valence-corrected chi connectivity index (χ2v) is 5.65. The van der Waals surface area contributed by atoms with Crippen LogP contribution in [-0.2, 0) is 10.9 Å². The van der Waals surface area contributed by atoms with Crippen LogP contribution in [-0.4, -0.2) is 12.1 Å². The topological polar surface area (TPSA) is 26.3 Å². The van der Waals surface area contributed by atoms with Gasteiger partial charge in [-0.1, -0.05) is 38.3 Å². The summed E-state index contributed by atoms with van der Waals surface area (Å²) in [4.78, 5) is 12.1. The zero-order valence-electron chi connectivity index (χ0n) is 13.3. The van der Waals surface area contributed by atoms with E-state index in [0.29, 0.717) is 12.0 Å². The van der Waals surface area contributed by atoms with Crippen molar-refractivity contribution < 1.29 is 22.7 Å². The lowest BCUT2D eigenvalue weighted by Gasteiger charge is -2.15. The van der Waals surface area contributed by atoms with Gasteiger partial charge in [0, 0.05) is 0 Å². The van der Waals surface area contributed by atoms with Gasteiger partial charge in [0.1, 0.15) is 0 Å². The number of carbonyl (C=O) groups excluding carboxylic acids is 1. The molecule has 0 aliphatic rings. The van der Waals surface area contributed by atoms with Gasteiger partial charge in [-0.3, -0.25) is 0 Å². The van der Waals surface area contributed by atoms with Gasteiger partial charge >= 0.3 is 12.1 Å². The molecule has 0 amide bonds. The number of ether oxygens (including phenoxy) is 1. The zero-order valence-corrected chi connectivity index (χ0v) is 13.3. The van der Waals surface area contributed by atoms with Gasteiger partial charge in [0.25, 0.3) is 0 Å². The highest BCUT2D eigenvalue weighted by Crippen LogP contribution is 2.29. The third-order valence-electron chi connectivity index (χ3n) is 2.81. The molecule has 0 aromatic heterocycles. The Labute approximate surface area is 134 Å². The number of benzene rings is 1. The molecule has 124 valence electrons. The molecule has 0 spiro atoms. The molecular formula is C18H19F3O2. The lowest BCUT2D eigenvalue weighted by atomic mass is 10.1. The molecule has 0 N–H and O–H groups in total. The van der Waals surface area contributed by atoms with E-state index in [1.54, 1.807) is 6.92 Å². The van der Waals surface area contributed by atoms with Crippen molar-refractivity contribution in [3.8, 4) is 11.8 Å². The standard InChI is InChI=1S/C18H19F3O2/c1-12(2)8-9-16(10-13(3)4)23-17(22)14-6-5-7-15(11-14)18(19,20)21/h5-7,11,13,16H,1,10H2,2-4H3. The molecule has 5 heteroatoms. The Balaban J connectivity index is 2.95. The Morgan fingerprint density at radius 2 is 2.00 bits per heavy atom. The molecule has 0 bridgehead atoms. The first-order valence-corrected chi connectivity index (χ1v) is 7.15. The van der Waals surface area contributed by atoms with E-state index in [9.17, 15) is 18.0 Å². The SMILES string of the molecule is C=C(C)C#CC(CC(C)C)OC(=O)c1cccc(C(F)(F)F)c1. The number of hydrogen-bond acceptors (Lipinski definition) is 2. The monoisotopic (exact) mass is 324 g/mol. The lowest BCUT2D eigenvalue weighted by molar-refractivity contribution is -0.137. The van der Waals surface area contributed by atoms with Gasteiger partial charge in [-0.05, 0) is 43.0 Å². The second-order valence-electron chi connectivity index (χ2n) is 5.65. The van der Waals surface area contributed by atoms with Crippen LogP contribution < -0.4 is 0 Å². The van der Waals surface area contributed by atoms with Gasteiger partial charge in [0.05, 0.1) is 11.1 Å². The molecular weight excluding hydrogens is 305 g/mol. The minimum atomic E-state index is -4.51. The predicted molar refractivity (Wildman–Crippen MR) is 82.7 cm³/mol. The summed E-state index contributed by atoms with van der Waals surface area (Å²) in [6.45, 7) is 9.24. The van der Waals surface area contributed by atoms with Gasteiger partial charge in [-0.25, -0.2) is 4.79 Å². The fourth-order valence-electron chi connectivity index (χ4n) is 1.79. The first-order valence-electron chi connectivity index (χ1n) is 7.15. The normalized spacial score (nSPS) is 12.3. The third-order valence-corrected chi connectivity index (χ3v) is 2.81. The van der Waals surface area contributed by atoms with E-state index in [1.807, 2.05) is 13.8 Å². The molecule has 1 aromatic rings. The molecule has 1 aromatic carbocycles. The van der Waals surface area contributed by atoms with E-state index >= 15 is 0 Å². The first-order chi connectivity index (χ1) is 10.6. The Kier molecular flexibility index (Phi) is 6.44. The van der Waals surface area contributed by atoms with Crippen molar-refractivity contribution in [1.29, 1.82) is 0 Å². The Bertz CT molecular complexity index is 634. The molecule has 1 atom stereocenters. The molecule has 0 aliphatic heterocycles. The minimum Gasteiger partial charge on any atom is -0.446 e. The van der Waals surface area contributed by atoms with Gasteiger partial charge < -0.3 is 4.74 Å². The molecule has 0 fully saturated rings. The van der Waals surface area contributed by atoms with Crippen molar-refractivity contribution >= 4 is 5.97 Å². The highest BCUT2D eigenvalue weighted by Gasteiger charge is 2.31. The number of halogens is 3. The summed E-state index contributed by atoms with van der Waals surface area (Å²) in [6.07, 6.45) is -4.70. The van der Waals surface area contributed by atoms with Crippen LogP contribution in [0.3, 0.4) is 0 Å². The second kappa shape index (κ2) is 7.87. The van der Waals surface area contributed by atoms with Gasteiger partial charge in [0.15, 0.2) is 6.10 Å². The first kappa shape index (κ1) is 18.8. The predicted octanol–water partition coefficient (Wildman–Crippen LogP) is 4.86. The maximum atomic E-state index is 12.7. The van der Waals surface area contributed by atoms with E-state index in [4.69, 9.17) is 4.74 Å². The largest absolute Gasteiger partial charge is 0.446 e. The number of carbonyl (C=O) groups is 1. The average molecular weight is 324 g/mol. The number of allylic oxidation sites excluding steroid dienone is 1. The van der Waals surface area contributed by atoms with Crippen LogP contribution in [0.4, 0.5) is 13.2 Å². The van der Waals surface area contributed by atoms with Crippen molar-refractivity contribution in [1.82, 2.24) is 0 Å². The maximum Gasteiger partial charge on any atom is 0.416 e. The smallest absolute Gasteiger partial charge is 0.416 e. The van der Waals surface area contributed by atoms with Crippen LogP contribution in [0.2, 0.25) is 0 Å². The van der Waals surface area contributed by atoms with Crippen LogP contribution in [0.15, 0.2) is 36.4 Å². The lowest BCUT2D eigenvalue weighted by Crippen LogP contribution is -2.19. The molecule has 0 heterocycles. The van der Waals surface area contributed by atoms with E-state index < -0.39 is 23.8 Å². The summed E-state index contributed by atoms with van der Waals surface area (Å²) in [5.74, 6) is 4.92. The maximum absolute atomic E-state index is 12.7. The number of alkyl halides is 3. The van der Waals surface area contributed by atoms with Crippen LogP contribution in [0.25, 0.3) is 0 Å². The van der Waals surface area contributed by atoms with E-state index in [1.165, 1.54) is 12.1 Å². The molecule has 0 radical (unpaired) electrons. The minimum absolute atomic E-state index is 0.147. The van der Waals surface area contributed by atoms with Crippen molar-refractivity contribution in [2.75, 3.05) is 0 Å². The average Bonchev–Trinajstić information content (AvgIpc) is 2.43. The van der Waals surface area contributed by atoms with Crippen LogP contribution in [0.1, 0.15) is 43.1 Å². The Morgan fingerprint density at radius 1 is 1.35 bits per heavy atom. The summed E-state index contributed by atoms with van der Waals surface area (Å²) in [7, 11) is 0. The number of esters is 1. The van der Waals surface area contributed by atoms with Crippen LogP contribution in [0, 0.1) is 17.8 Å². The van der Waals surface area contributed by atoms with Gasteiger partial charge in [0.2, 0.25) is 0 Å². The van der Waals surface area contributed by atoms with E-state index in [-0.39, 0.29) is 11.5 Å². The fourth-order valence-corrected chi connectivity index (χ4v) is 1.79. The molecule has 1 unspecified atom stereocenters. The molecule has 0 saturated heterocycles. The van der Waals surface area contributed by atoms with Gasteiger partial charge in [-0.15, -0.1) is 0 Å². The summed E-state index contributed by atoms with van der Waals surface area (Å²) >= 11 is 0. The molecule has 2 nitrogen and oxygen atoms in total. The van der Waals surface area contributed by atoms with E-state index in [0.717, 1.165) is 12.1 Å². The van der Waals surface area contributed by atoms with Crippen molar-refractivity contribution in [3.05, 3.63) is 47.5 Å². The summed E-state index contributed by atoms with van der Waals surface area (Å²) < 4.78 is 43.3. The van der Waals surface area contributed by atoms with Crippen LogP contribution >= 0.6 is 0 Å². The quantitative estimate of drug-likeness (QED) is 0.584. The van der Waals surface area contributed by atoms with Crippen molar-refractivity contribution in [2.24, 2.45) is 5.92 Å². The van der Waals surface area contributed by atoms with Gasteiger partial charge in [-0.2, -0.15) is 13.2 Å². The van der Waals surface area contributed by atoms with Crippen molar-refractivity contribution in [3.63, 3.8) is 0 Å². The highest BCUT2D eigenvalue weighted by atomic mass is 19.4. The van der Waals surface area contributed by atoms with E-state index in [2.05, 4.69) is 18.4 Å². The third kappa shape index (κ3) is 6.60. The van der Waals surface area contributed by atoms with Crippen molar-refractivity contribution in [2.45, 2.75) is 39.5 Å². The number of hydrogen-bond donors (Lipinski definition) is 0. The summed E-state index contributed by atoms with van der Waals surface area (Å²) in [6, 6.07) is 4.15. The Hall–Kier alpha value is -2.22. The fraction of sp³-hybridized carbons (Fsp3) is 0.389. The summed E-state index contributed by atoms with van der Waals surface area (Å²) in [5, 5.41) is 0. The highest BCUT2D eigenvalue weighted by molar-refractivity contribution is 5.89. The molecule has 0 aliphatic carbocycles. The molecule has 0 saturated carbocycles. The molecule has 1 rings (SSSR count). The Morgan fingerprint density at radius 3 is 2.52 bits per heavy atom. The van der Waals surface area contributed by atoms with Crippen LogP contribution in [0.5, 0.6) is 0 Å². The summed E-state index contributed by atoms with van der Waals surface area (Å²) in [5.41, 5.74) is -0.417. The molecule has 23 heavy (non-hydrogen) atoms. The zero-order chi connectivity index (χ0) is 17.6.